The number of rotatable bonds is 9. The minimum Gasteiger partial charge on any atom is -0.492 e. The van der Waals surface area contributed by atoms with Crippen molar-refractivity contribution in [3.05, 3.63) is 71.8 Å². The number of aromatic nitrogens is 1. The number of thioether (sulfide) groups is 1. The Morgan fingerprint density at radius 3 is 2.14 bits per heavy atom. The van der Waals surface area contributed by atoms with Gasteiger partial charge in [0.25, 0.3) is 0 Å². The molecule has 1 aliphatic carbocycles. The first kappa shape index (κ1) is 25.2. The molecule has 1 heterocycles. The highest BCUT2D eigenvalue weighted by Crippen LogP contribution is 2.44. The fourth-order valence-corrected chi connectivity index (χ4v) is 4.78. The first-order valence-electron chi connectivity index (χ1n) is 11.4. The maximum Gasteiger partial charge on any atom is 0.407 e. The van der Waals surface area contributed by atoms with Gasteiger partial charge in [-0.15, -0.1) is 4.73 Å². The van der Waals surface area contributed by atoms with E-state index in [1.165, 1.54) is 6.92 Å². The fraction of sp³-hybridized carbons (Fsp3) is 0.269. The number of aromatic hydroxyl groups is 2. The van der Waals surface area contributed by atoms with Gasteiger partial charge in [0.2, 0.25) is 11.8 Å². The molecule has 1 unspecified atom stereocenters. The summed E-state index contributed by atoms with van der Waals surface area (Å²) in [6.45, 7) is 1.52. The predicted molar refractivity (Wildman–Crippen MR) is 134 cm³/mol. The zero-order valence-corrected chi connectivity index (χ0v) is 20.4. The average molecular weight is 511 g/mol. The maximum absolute atomic E-state index is 12.8. The molecule has 36 heavy (non-hydrogen) atoms. The average Bonchev–Trinajstić information content (AvgIpc) is 3.36. The van der Waals surface area contributed by atoms with Crippen molar-refractivity contribution in [3.8, 4) is 22.9 Å². The third kappa shape index (κ3) is 5.65. The van der Waals surface area contributed by atoms with E-state index in [-0.39, 0.29) is 24.1 Å². The van der Waals surface area contributed by atoms with Gasteiger partial charge in [0.15, 0.2) is 5.12 Å². The smallest absolute Gasteiger partial charge is 0.407 e. The number of amides is 1. The monoisotopic (exact) mass is 510 g/mol. The molecule has 9 nitrogen and oxygen atoms in total. The highest BCUT2D eigenvalue weighted by molar-refractivity contribution is 8.13. The molecule has 1 aliphatic rings. The van der Waals surface area contributed by atoms with E-state index in [1.807, 2.05) is 48.5 Å². The van der Waals surface area contributed by atoms with Crippen LogP contribution in [-0.4, -0.2) is 50.5 Å². The number of hydrogen-bond acceptors (Lipinski definition) is 8. The van der Waals surface area contributed by atoms with Gasteiger partial charge in [-0.1, -0.05) is 60.3 Å². The molecule has 0 aliphatic heterocycles. The Labute approximate surface area is 212 Å². The molecule has 0 bridgehead atoms. The zero-order valence-electron chi connectivity index (χ0n) is 19.5. The van der Waals surface area contributed by atoms with Crippen LogP contribution in [0.4, 0.5) is 4.79 Å². The first-order chi connectivity index (χ1) is 17.3. The second-order valence-corrected chi connectivity index (χ2v) is 9.53. The van der Waals surface area contributed by atoms with Crippen LogP contribution in [0.1, 0.15) is 36.8 Å². The highest BCUT2D eigenvalue weighted by Gasteiger charge is 2.30. The molecular formula is C26H26N2O7S. The summed E-state index contributed by atoms with van der Waals surface area (Å²) in [6.07, 6.45) is -0.220. The van der Waals surface area contributed by atoms with Gasteiger partial charge in [0.05, 0.1) is 0 Å². The summed E-state index contributed by atoms with van der Waals surface area (Å²) in [6, 6.07) is 17.1. The van der Waals surface area contributed by atoms with E-state index in [9.17, 15) is 24.6 Å². The maximum atomic E-state index is 12.8. The molecular weight excluding hydrogens is 484 g/mol. The summed E-state index contributed by atoms with van der Waals surface area (Å²) in [5.41, 5.74) is 4.31. The van der Waals surface area contributed by atoms with Crippen LogP contribution in [0.25, 0.3) is 11.1 Å². The molecule has 3 aromatic rings. The molecule has 188 valence electrons. The van der Waals surface area contributed by atoms with E-state index in [0.717, 1.165) is 46.1 Å². The van der Waals surface area contributed by atoms with Gasteiger partial charge in [0, 0.05) is 30.7 Å². The number of alkyl carbamates (subject to hydrolysis) is 1. The lowest BCUT2D eigenvalue weighted by Crippen LogP contribution is -2.45. The number of fused-ring (bicyclic) bond motifs is 3. The van der Waals surface area contributed by atoms with E-state index in [4.69, 9.17) is 9.57 Å². The number of hydrogen-bond donors (Lipinski definition) is 3. The topological polar surface area (TPSA) is 127 Å². The minimum atomic E-state index is -1.13. The van der Waals surface area contributed by atoms with E-state index in [2.05, 4.69) is 5.32 Å². The van der Waals surface area contributed by atoms with Crippen molar-refractivity contribution in [1.29, 1.82) is 0 Å². The third-order valence-corrected chi connectivity index (χ3v) is 6.74. The molecule has 1 amide bonds. The van der Waals surface area contributed by atoms with Crippen LogP contribution in [0, 0.1) is 0 Å². The fourth-order valence-electron chi connectivity index (χ4n) is 4.18. The number of ether oxygens (including phenoxy) is 1. The number of benzene rings is 2. The lowest BCUT2D eigenvalue weighted by Gasteiger charge is -2.19. The van der Waals surface area contributed by atoms with Crippen molar-refractivity contribution < 1.29 is 34.2 Å². The Morgan fingerprint density at radius 1 is 0.972 bits per heavy atom. The van der Waals surface area contributed by atoms with Gasteiger partial charge in [-0.25, -0.2) is 9.59 Å². The lowest BCUT2D eigenvalue weighted by molar-refractivity contribution is -0.148. The quantitative estimate of drug-likeness (QED) is 0.371. The van der Waals surface area contributed by atoms with Crippen molar-refractivity contribution in [2.75, 3.05) is 12.4 Å². The van der Waals surface area contributed by atoms with Gasteiger partial charge in [-0.05, 0) is 35.1 Å². The molecule has 0 saturated carbocycles. The van der Waals surface area contributed by atoms with Crippen LogP contribution < -0.4 is 10.2 Å². The normalized spacial score (nSPS) is 12.9. The van der Waals surface area contributed by atoms with Crippen LogP contribution in [0.3, 0.4) is 0 Å². The van der Waals surface area contributed by atoms with Gasteiger partial charge >= 0.3 is 12.1 Å². The van der Waals surface area contributed by atoms with E-state index < -0.39 is 29.9 Å². The molecule has 1 aromatic heterocycles. The summed E-state index contributed by atoms with van der Waals surface area (Å²) < 4.78 is 6.08. The Kier molecular flexibility index (Phi) is 7.84. The summed E-state index contributed by atoms with van der Waals surface area (Å²) in [5.74, 6) is -1.56. The minimum absolute atomic E-state index is 0.0548. The molecule has 3 N–H and O–H groups in total. The Morgan fingerprint density at radius 2 is 1.56 bits per heavy atom. The Bertz CT molecular complexity index is 1210. The van der Waals surface area contributed by atoms with Crippen LogP contribution >= 0.6 is 11.8 Å². The van der Waals surface area contributed by atoms with Crippen molar-refractivity contribution in [2.24, 2.45) is 0 Å². The SMILES string of the molecule is CC(=O)SCCCC(NC(=O)OCC1c2ccccc2-c2ccccc21)C(=O)On1c(O)ccc1O. The van der Waals surface area contributed by atoms with Gasteiger partial charge in [0.1, 0.15) is 12.6 Å². The largest absolute Gasteiger partial charge is 0.492 e. The van der Waals surface area contributed by atoms with Gasteiger partial charge < -0.3 is 25.1 Å². The molecule has 10 heteroatoms. The molecule has 0 radical (unpaired) electrons. The summed E-state index contributed by atoms with van der Waals surface area (Å²) in [7, 11) is 0. The standard InChI is InChI=1S/C26H26N2O7S/c1-16(29)36-14-6-11-22(25(32)35-28-23(30)12-13-24(28)31)27-26(33)34-15-21-19-9-4-2-7-17(19)18-8-3-5-10-20(18)21/h2-5,7-10,12-13,21-22,30-31H,6,11,14-15H2,1H3,(H,27,33). The second-order valence-electron chi connectivity index (χ2n) is 8.26. The van der Waals surface area contributed by atoms with Gasteiger partial charge in [-0.2, -0.15) is 0 Å². The van der Waals surface area contributed by atoms with Gasteiger partial charge in [-0.3, -0.25) is 4.79 Å². The molecule has 4 rings (SSSR count). The number of nitrogens with one attached hydrogen (secondary N) is 1. The summed E-state index contributed by atoms with van der Waals surface area (Å²) >= 11 is 1.11. The van der Waals surface area contributed by atoms with Crippen LogP contribution in [0.2, 0.25) is 0 Å². The molecule has 1 atom stereocenters. The van der Waals surface area contributed by atoms with Crippen LogP contribution in [0.5, 0.6) is 11.8 Å². The van der Waals surface area contributed by atoms with E-state index >= 15 is 0 Å². The number of carbonyl (C=O) groups excluding carboxylic acids is 3. The first-order valence-corrected chi connectivity index (χ1v) is 12.4. The van der Waals surface area contributed by atoms with E-state index in [0.29, 0.717) is 16.9 Å². The van der Waals surface area contributed by atoms with Crippen molar-refractivity contribution >= 4 is 28.9 Å². The molecule has 0 fully saturated rings. The Hall–Kier alpha value is -3.92. The van der Waals surface area contributed by atoms with E-state index in [1.54, 1.807) is 0 Å². The summed E-state index contributed by atoms with van der Waals surface area (Å²) in [4.78, 5) is 41.7. The molecule has 0 spiro atoms. The van der Waals surface area contributed by atoms with Crippen molar-refractivity contribution in [3.63, 3.8) is 0 Å². The zero-order chi connectivity index (χ0) is 25.7. The van der Waals surface area contributed by atoms with Crippen molar-refractivity contribution in [2.45, 2.75) is 31.7 Å². The molecule has 2 aromatic carbocycles. The number of carbonyl (C=O) groups is 3. The predicted octanol–water partition coefficient (Wildman–Crippen LogP) is 3.82. The highest BCUT2D eigenvalue weighted by atomic mass is 32.2. The number of nitrogens with zero attached hydrogens (tertiary/aromatic N) is 1. The third-order valence-electron chi connectivity index (χ3n) is 5.84. The van der Waals surface area contributed by atoms with Crippen LogP contribution in [0.15, 0.2) is 60.7 Å². The van der Waals surface area contributed by atoms with Crippen LogP contribution in [-0.2, 0) is 14.3 Å². The summed E-state index contributed by atoms with van der Waals surface area (Å²) in [5, 5.41) is 22.0. The second kappa shape index (κ2) is 11.2. The Balaban J connectivity index is 1.42. The lowest BCUT2D eigenvalue weighted by atomic mass is 9.98. The molecule has 0 saturated heterocycles. The van der Waals surface area contributed by atoms with Crippen molar-refractivity contribution in [1.82, 2.24) is 10.0 Å².